The Morgan fingerprint density at radius 2 is 1.74 bits per heavy atom. The van der Waals surface area contributed by atoms with Crippen molar-refractivity contribution in [3.05, 3.63) is 70.8 Å². The molecule has 0 bridgehead atoms. The number of rotatable bonds is 8. The molecule has 2 amide bonds. The fourth-order valence-electron chi connectivity index (χ4n) is 3.01. The Balaban J connectivity index is 2.52. The molecule has 1 aromatic rings. The molecule has 0 radical (unpaired) electrons. The summed E-state index contributed by atoms with van der Waals surface area (Å²) < 4.78 is 79.7. The van der Waals surface area contributed by atoms with E-state index in [1.807, 2.05) is 0 Å². The SMILES string of the molecule is C=CC(CC(F)(F)F)NN1C=C(C(N)=O)CC(Cc2c(F)cc(F)cc2F)=C1C(N)=O. The molecule has 1 unspecified atom stereocenters. The van der Waals surface area contributed by atoms with E-state index in [4.69, 9.17) is 11.5 Å². The van der Waals surface area contributed by atoms with E-state index in [1.54, 1.807) is 0 Å². The number of allylic oxidation sites excluding steroid dienone is 1. The van der Waals surface area contributed by atoms with Gasteiger partial charge in [-0.15, -0.1) is 6.58 Å². The Morgan fingerprint density at radius 1 is 1.16 bits per heavy atom. The quantitative estimate of drug-likeness (QED) is 0.420. The number of hydrogen-bond donors (Lipinski definition) is 3. The summed E-state index contributed by atoms with van der Waals surface area (Å²) >= 11 is 0. The molecule has 0 saturated carbocycles. The summed E-state index contributed by atoms with van der Waals surface area (Å²) in [6, 6.07) is -0.605. The molecule has 1 atom stereocenters. The third-order valence-electron chi connectivity index (χ3n) is 4.35. The molecule has 0 spiro atoms. The minimum Gasteiger partial charge on any atom is -0.366 e. The number of amides is 2. The van der Waals surface area contributed by atoms with Gasteiger partial charge in [0.25, 0.3) is 5.91 Å². The van der Waals surface area contributed by atoms with Gasteiger partial charge in [0.1, 0.15) is 23.1 Å². The smallest absolute Gasteiger partial charge is 0.366 e. The maximum absolute atomic E-state index is 14.1. The van der Waals surface area contributed by atoms with Crippen LogP contribution in [-0.2, 0) is 16.0 Å². The van der Waals surface area contributed by atoms with Crippen LogP contribution in [0.3, 0.4) is 0 Å². The molecule has 1 aliphatic heterocycles. The van der Waals surface area contributed by atoms with Gasteiger partial charge in [-0.3, -0.25) is 14.6 Å². The van der Waals surface area contributed by atoms with Crippen LogP contribution < -0.4 is 16.9 Å². The summed E-state index contributed by atoms with van der Waals surface area (Å²) in [6.45, 7) is 3.28. The zero-order valence-electron chi connectivity index (χ0n) is 15.9. The average molecular weight is 448 g/mol. The molecule has 31 heavy (non-hydrogen) atoms. The molecule has 6 nitrogen and oxygen atoms in total. The number of benzene rings is 1. The number of carbonyl (C=O) groups is 2. The molecule has 12 heteroatoms. The van der Waals surface area contributed by atoms with E-state index in [0.29, 0.717) is 12.1 Å². The largest absolute Gasteiger partial charge is 0.390 e. The second-order valence-corrected chi connectivity index (χ2v) is 6.70. The van der Waals surface area contributed by atoms with Crippen molar-refractivity contribution in [3.8, 4) is 0 Å². The number of nitrogens with one attached hydrogen (secondary N) is 1. The van der Waals surface area contributed by atoms with Gasteiger partial charge < -0.3 is 11.5 Å². The first-order chi connectivity index (χ1) is 14.3. The van der Waals surface area contributed by atoms with Crippen molar-refractivity contribution in [2.75, 3.05) is 0 Å². The highest BCUT2D eigenvalue weighted by molar-refractivity contribution is 5.96. The van der Waals surface area contributed by atoms with Crippen LogP contribution in [0.15, 0.2) is 47.8 Å². The van der Waals surface area contributed by atoms with Crippen LogP contribution in [0.5, 0.6) is 0 Å². The lowest BCUT2D eigenvalue weighted by Crippen LogP contribution is -2.47. The highest BCUT2D eigenvalue weighted by Gasteiger charge is 2.34. The van der Waals surface area contributed by atoms with Crippen molar-refractivity contribution in [2.45, 2.75) is 31.5 Å². The number of nitrogens with zero attached hydrogens (tertiary/aromatic N) is 1. The van der Waals surface area contributed by atoms with Crippen LogP contribution in [0.4, 0.5) is 26.3 Å². The standard InChI is InChI=1S/C19H18F6N4O2/c1-2-12(7-19(23,24)25)28-29-8-10(17(26)30)3-9(16(29)18(27)31)4-13-14(21)5-11(20)6-15(13)22/h2,5-6,8,12,28H,1,3-4,7H2,(H2,26,30)(H2,27,31). The van der Waals surface area contributed by atoms with E-state index in [0.717, 1.165) is 17.3 Å². The topological polar surface area (TPSA) is 101 Å². The number of carbonyl (C=O) groups excluding carboxylic acids is 2. The van der Waals surface area contributed by atoms with Crippen molar-refractivity contribution >= 4 is 11.8 Å². The van der Waals surface area contributed by atoms with E-state index in [-0.39, 0.29) is 17.6 Å². The van der Waals surface area contributed by atoms with Crippen LogP contribution >= 0.6 is 0 Å². The zero-order valence-corrected chi connectivity index (χ0v) is 15.9. The predicted octanol–water partition coefficient (Wildman–Crippen LogP) is 2.47. The fourth-order valence-corrected chi connectivity index (χ4v) is 3.01. The van der Waals surface area contributed by atoms with Gasteiger partial charge in [0.15, 0.2) is 0 Å². The summed E-state index contributed by atoms with van der Waals surface area (Å²) in [5.41, 5.74) is 11.6. The highest BCUT2D eigenvalue weighted by atomic mass is 19.4. The van der Waals surface area contributed by atoms with Crippen molar-refractivity contribution in [3.63, 3.8) is 0 Å². The molecule has 1 aliphatic rings. The van der Waals surface area contributed by atoms with Crippen molar-refractivity contribution in [1.82, 2.24) is 10.4 Å². The first-order valence-corrected chi connectivity index (χ1v) is 8.72. The number of nitrogens with two attached hydrogens (primary N) is 2. The summed E-state index contributed by atoms with van der Waals surface area (Å²) in [6.07, 6.45) is -5.09. The Morgan fingerprint density at radius 3 is 2.19 bits per heavy atom. The second-order valence-electron chi connectivity index (χ2n) is 6.70. The molecule has 0 aliphatic carbocycles. The van der Waals surface area contributed by atoms with Gasteiger partial charge in [-0.05, 0) is 5.57 Å². The first-order valence-electron chi connectivity index (χ1n) is 8.72. The Bertz CT molecular complexity index is 948. The predicted molar refractivity (Wildman–Crippen MR) is 97.8 cm³/mol. The molecule has 0 aromatic heterocycles. The normalized spacial score (nSPS) is 15.5. The monoisotopic (exact) mass is 448 g/mol. The Hall–Kier alpha value is -3.28. The third-order valence-corrected chi connectivity index (χ3v) is 4.35. The van der Waals surface area contributed by atoms with Gasteiger partial charge in [-0.25, -0.2) is 18.6 Å². The lowest BCUT2D eigenvalue weighted by Gasteiger charge is -2.33. The number of hydrazine groups is 1. The lowest BCUT2D eigenvalue weighted by molar-refractivity contribution is -0.139. The van der Waals surface area contributed by atoms with E-state index >= 15 is 0 Å². The average Bonchev–Trinajstić information content (AvgIpc) is 2.62. The van der Waals surface area contributed by atoms with Crippen LogP contribution in [0.1, 0.15) is 18.4 Å². The van der Waals surface area contributed by atoms with Gasteiger partial charge in [-0.2, -0.15) is 13.2 Å². The maximum Gasteiger partial charge on any atom is 0.390 e. The number of hydrogen-bond acceptors (Lipinski definition) is 4. The Labute approximate surface area is 172 Å². The van der Waals surface area contributed by atoms with E-state index < -0.39 is 65.6 Å². The van der Waals surface area contributed by atoms with Gasteiger partial charge >= 0.3 is 6.18 Å². The molecule has 5 N–H and O–H groups in total. The van der Waals surface area contributed by atoms with E-state index in [1.165, 1.54) is 0 Å². The van der Waals surface area contributed by atoms with Crippen LogP contribution in [0.25, 0.3) is 0 Å². The van der Waals surface area contributed by atoms with Crippen molar-refractivity contribution < 1.29 is 35.9 Å². The summed E-state index contributed by atoms with van der Waals surface area (Å²) in [7, 11) is 0. The van der Waals surface area contributed by atoms with E-state index in [2.05, 4.69) is 12.0 Å². The molecule has 0 saturated heterocycles. The zero-order chi connectivity index (χ0) is 23.5. The highest BCUT2D eigenvalue weighted by Crippen LogP contribution is 2.30. The number of primary amides is 2. The van der Waals surface area contributed by atoms with Crippen LogP contribution in [-0.4, -0.2) is 29.0 Å². The van der Waals surface area contributed by atoms with Gasteiger partial charge in [-0.1, -0.05) is 6.08 Å². The molecule has 1 heterocycles. The summed E-state index contributed by atoms with van der Waals surface area (Å²) in [5.74, 6) is -5.83. The number of halogens is 6. The molecular formula is C19H18F6N4O2. The molecule has 168 valence electrons. The minimum absolute atomic E-state index is 0.115. The minimum atomic E-state index is -4.60. The van der Waals surface area contributed by atoms with Crippen LogP contribution in [0, 0.1) is 17.5 Å². The molecule has 2 rings (SSSR count). The maximum atomic E-state index is 14.1. The summed E-state index contributed by atoms with van der Waals surface area (Å²) in [4.78, 5) is 23.8. The van der Waals surface area contributed by atoms with Gasteiger partial charge in [0.2, 0.25) is 5.91 Å². The third kappa shape index (κ3) is 6.10. The summed E-state index contributed by atoms with van der Waals surface area (Å²) in [5, 5.41) is 0.749. The fraction of sp³-hybridized carbons (Fsp3) is 0.263. The van der Waals surface area contributed by atoms with E-state index in [9.17, 15) is 35.9 Å². The molecule has 1 aromatic carbocycles. The van der Waals surface area contributed by atoms with Gasteiger partial charge in [0.05, 0.1) is 12.5 Å². The van der Waals surface area contributed by atoms with Crippen LogP contribution in [0.2, 0.25) is 0 Å². The van der Waals surface area contributed by atoms with Gasteiger partial charge in [0, 0.05) is 42.3 Å². The Kier molecular flexibility index (Phi) is 7.16. The van der Waals surface area contributed by atoms with Crippen molar-refractivity contribution in [2.24, 2.45) is 11.5 Å². The first kappa shape index (κ1) is 24.0. The second kappa shape index (κ2) is 9.25. The molecular weight excluding hydrogens is 430 g/mol. The lowest BCUT2D eigenvalue weighted by atomic mass is 9.93. The number of alkyl halides is 3. The van der Waals surface area contributed by atoms with Crippen molar-refractivity contribution in [1.29, 1.82) is 0 Å². The molecule has 0 fully saturated rings.